The Hall–Kier alpha value is -2.95. The van der Waals surface area contributed by atoms with E-state index in [1.165, 1.54) is 18.6 Å². The summed E-state index contributed by atoms with van der Waals surface area (Å²) in [6.45, 7) is 3.37. The molecule has 1 aliphatic carbocycles. The monoisotopic (exact) mass is 378 g/mol. The van der Waals surface area contributed by atoms with E-state index in [1.54, 1.807) is 19.3 Å². The number of benzene rings is 2. The molecule has 0 saturated heterocycles. The summed E-state index contributed by atoms with van der Waals surface area (Å²) in [6.07, 6.45) is 3.30. The largest absolute Gasteiger partial charge is 0.497 e. The van der Waals surface area contributed by atoms with Crippen LogP contribution in [0.5, 0.6) is 5.75 Å². The number of carbonyl (C=O) groups is 1. The Kier molecular flexibility index (Phi) is 4.75. The van der Waals surface area contributed by atoms with Gasteiger partial charge >= 0.3 is 0 Å². The highest BCUT2D eigenvalue weighted by Crippen LogP contribution is 2.45. The van der Waals surface area contributed by atoms with E-state index < -0.39 is 0 Å². The van der Waals surface area contributed by atoms with Gasteiger partial charge in [-0.05, 0) is 56.5 Å². The van der Waals surface area contributed by atoms with Crippen LogP contribution in [-0.4, -0.2) is 23.6 Å². The number of methoxy groups -OCH3 is 1. The van der Waals surface area contributed by atoms with Gasteiger partial charge in [-0.1, -0.05) is 18.2 Å². The first-order chi connectivity index (χ1) is 13.5. The fourth-order valence-corrected chi connectivity index (χ4v) is 4.31. The molecule has 4 rings (SSSR count). The Morgan fingerprint density at radius 3 is 2.75 bits per heavy atom. The second-order valence-corrected chi connectivity index (χ2v) is 7.36. The van der Waals surface area contributed by atoms with Crippen LogP contribution in [-0.2, 0) is 11.2 Å². The predicted molar refractivity (Wildman–Crippen MR) is 107 cm³/mol. The average molecular weight is 378 g/mol. The van der Waals surface area contributed by atoms with Gasteiger partial charge in [-0.3, -0.25) is 9.80 Å². The zero-order valence-electron chi connectivity index (χ0n) is 16.3. The Bertz CT molecular complexity index is 996. The maximum Gasteiger partial charge on any atom is 0.154 e. The molecule has 0 aromatic heterocycles. The number of ether oxygens (including phenoxy) is 1. The van der Waals surface area contributed by atoms with Crippen LogP contribution in [0.25, 0.3) is 0 Å². The fourth-order valence-electron chi connectivity index (χ4n) is 4.31. The van der Waals surface area contributed by atoms with Gasteiger partial charge < -0.3 is 4.74 Å². The zero-order valence-corrected chi connectivity index (χ0v) is 16.3. The normalized spacial score (nSPS) is 21.1. The van der Waals surface area contributed by atoms with Crippen LogP contribution in [0.15, 0.2) is 59.3 Å². The van der Waals surface area contributed by atoms with Gasteiger partial charge in [-0.2, -0.15) is 5.10 Å². The molecule has 0 fully saturated rings. The van der Waals surface area contributed by atoms with Crippen molar-refractivity contribution in [1.29, 1.82) is 0 Å². The fraction of sp³-hybridized carbons (Fsp3) is 0.304. The molecule has 144 valence electrons. The van der Waals surface area contributed by atoms with Gasteiger partial charge in [-0.25, -0.2) is 4.39 Å². The summed E-state index contributed by atoms with van der Waals surface area (Å²) in [4.78, 5) is 11.7. The zero-order chi connectivity index (χ0) is 19.8. The second kappa shape index (κ2) is 7.23. The first-order valence-corrected chi connectivity index (χ1v) is 9.48. The minimum atomic E-state index is -0.262. The molecule has 5 heteroatoms. The van der Waals surface area contributed by atoms with Crippen molar-refractivity contribution in [2.75, 3.05) is 7.11 Å². The lowest BCUT2D eigenvalue weighted by Crippen LogP contribution is -2.29. The van der Waals surface area contributed by atoms with Crippen LogP contribution < -0.4 is 4.74 Å². The third kappa shape index (κ3) is 3.11. The van der Waals surface area contributed by atoms with Crippen molar-refractivity contribution in [1.82, 2.24) is 5.01 Å². The number of hydrogen-bond acceptors (Lipinski definition) is 4. The molecule has 0 saturated carbocycles. The van der Waals surface area contributed by atoms with Gasteiger partial charge in [0.25, 0.3) is 0 Å². The molecule has 2 atom stereocenters. The van der Waals surface area contributed by atoms with Crippen molar-refractivity contribution < 1.29 is 13.9 Å². The first-order valence-electron chi connectivity index (χ1n) is 9.48. The van der Waals surface area contributed by atoms with Crippen LogP contribution in [0.4, 0.5) is 4.39 Å². The molecule has 4 nitrogen and oxygen atoms in total. The van der Waals surface area contributed by atoms with E-state index in [2.05, 4.69) is 0 Å². The minimum absolute atomic E-state index is 0.0509. The average Bonchev–Trinajstić information content (AvgIpc) is 3.07. The molecule has 0 N–H and O–H groups in total. The molecule has 28 heavy (non-hydrogen) atoms. The molecule has 2 aliphatic rings. The van der Waals surface area contributed by atoms with E-state index in [1.807, 2.05) is 42.3 Å². The summed E-state index contributed by atoms with van der Waals surface area (Å²) in [5.41, 5.74) is 4.55. The molecule has 0 spiro atoms. The topological polar surface area (TPSA) is 41.9 Å². The molecule has 0 unspecified atom stereocenters. The number of aryl methyl sites for hydroxylation is 1. The van der Waals surface area contributed by atoms with Gasteiger partial charge in [0.1, 0.15) is 11.6 Å². The Labute approximate surface area is 164 Å². The summed E-state index contributed by atoms with van der Waals surface area (Å²) in [7, 11) is 1.66. The van der Waals surface area contributed by atoms with E-state index in [0.717, 1.165) is 35.6 Å². The number of fused-ring (bicyclic) bond motifs is 3. The number of carbonyl (C=O) groups excluding carboxylic acids is 1. The van der Waals surface area contributed by atoms with E-state index >= 15 is 0 Å². The molecule has 1 aliphatic heterocycles. The molecule has 2 aromatic carbocycles. The van der Waals surface area contributed by atoms with Crippen LogP contribution in [0, 0.1) is 11.7 Å². The van der Waals surface area contributed by atoms with E-state index in [9.17, 15) is 9.18 Å². The summed E-state index contributed by atoms with van der Waals surface area (Å²) >= 11 is 0. The summed E-state index contributed by atoms with van der Waals surface area (Å²) in [6, 6.07) is 12.6. The number of halogens is 1. The van der Waals surface area contributed by atoms with Gasteiger partial charge in [0.15, 0.2) is 5.78 Å². The Balaban J connectivity index is 1.84. The SMILES string of the molecule is COc1ccc2c(c1)CC[C@H]1C2=NN(/C(C)=C/C(C)=O)[C@@H]1c1ccccc1F. The molecular weight excluding hydrogens is 355 g/mol. The van der Waals surface area contributed by atoms with Crippen molar-refractivity contribution in [3.8, 4) is 5.75 Å². The van der Waals surface area contributed by atoms with Crippen molar-refractivity contribution in [3.05, 3.63) is 76.7 Å². The highest BCUT2D eigenvalue weighted by molar-refractivity contribution is 6.06. The standard InChI is InChI=1S/C23H23FN2O2/c1-14(12-15(2)27)26-23(19-6-4-5-7-21(19)24)20-10-8-16-13-17(28-3)9-11-18(16)22(20)25-26/h4-7,9,11-13,20,23H,8,10H2,1-3H3/b14-12+/t20-,23+/m0/s1. The Morgan fingerprint density at radius 1 is 1.25 bits per heavy atom. The third-order valence-corrected chi connectivity index (χ3v) is 5.52. The van der Waals surface area contributed by atoms with Crippen LogP contribution in [0.3, 0.4) is 0 Å². The van der Waals surface area contributed by atoms with Gasteiger partial charge in [0, 0.05) is 28.8 Å². The molecule has 1 heterocycles. The number of hydrogen-bond donors (Lipinski definition) is 0. The lowest BCUT2D eigenvalue weighted by Gasteiger charge is -2.31. The molecule has 2 aromatic rings. The summed E-state index contributed by atoms with van der Waals surface area (Å²) in [5, 5.41) is 6.70. The van der Waals surface area contributed by atoms with Crippen molar-refractivity contribution in [2.45, 2.75) is 32.7 Å². The Morgan fingerprint density at radius 2 is 2.04 bits per heavy atom. The van der Waals surface area contributed by atoms with Crippen LogP contribution in [0.1, 0.15) is 43.0 Å². The van der Waals surface area contributed by atoms with Crippen LogP contribution >= 0.6 is 0 Å². The first kappa shape index (κ1) is 18.4. The maximum absolute atomic E-state index is 14.7. The number of rotatable bonds is 4. The van der Waals surface area contributed by atoms with Crippen LogP contribution in [0.2, 0.25) is 0 Å². The summed E-state index contributed by atoms with van der Waals surface area (Å²) in [5.74, 6) is 0.592. The third-order valence-electron chi connectivity index (χ3n) is 5.52. The van der Waals surface area contributed by atoms with E-state index in [4.69, 9.17) is 9.84 Å². The maximum atomic E-state index is 14.7. The van der Waals surface area contributed by atoms with Gasteiger partial charge in [0.05, 0.1) is 18.9 Å². The lowest BCUT2D eigenvalue weighted by molar-refractivity contribution is -0.112. The van der Waals surface area contributed by atoms with Gasteiger partial charge in [-0.15, -0.1) is 0 Å². The minimum Gasteiger partial charge on any atom is -0.497 e. The smallest absolute Gasteiger partial charge is 0.154 e. The van der Waals surface area contributed by atoms with Crippen molar-refractivity contribution in [3.63, 3.8) is 0 Å². The second-order valence-electron chi connectivity index (χ2n) is 7.36. The van der Waals surface area contributed by atoms with E-state index in [0.29, 0.717) is 5.56 Å². The van der Waals surface area contributed by atoms with Gasteiger partial charge in [0.2, 0.25) is 0 Å². The predicted octanol–water partition coefficient (Wildman–Crippen LogP) is 4.65. The van der Waals surface area contributed by atoms with Crippen molar-refractivity contribution in [2.24, 2.45) is 11.0 Å². The number of allylic oxidation sites excluding steroid dienone is 2. The summed E-state index contributed by atoms with van der Waals surface area (Å²) < 4.78 is 20.1. The van der Waals surface area contributed by atoms with Crippen molar-refractivity contribution >= 4 is 11.5 Å². The molecule has 0 bridgehead atoms. The number of nitrogens with zero attached hydrogens (tertiary/aromatic N) is 2. The molecule has 0 amide bonds. The molecular formula is C23H23FN2O2. The molecule has 0 radical (unpaired) electrons. The highest BCUT2D eigenvalue weighted by atomic mass is 19.1. The quantitative estimate of drug-likeness (QED) is 0.727. The lowest BCUT2D eigenvalue weighted by atomic mass is 9.77. The highest BCUT2D eigenvalue weighted by Gasteiger charge is 2.43. The number of hydrazone groups is 1. The number of ketones is 1. The van der Waals surface area contributed by atoms with E-state index in [-0.39, 0.29) is 23.6 Å².